The van der Waals surface area contributed by atoms with Crippen molar-refractivity contribution in [2.45, 2.75) is 6.04 Å². The van der Waals surface area contributed by atoms with Gasteiger partial charge >= 0.3 is 0 Å². The second-order valence-corrected chi connectivity index (χ2v) is 6.40. The van der Waals surface area contributed by atoms with Crippen LogP contribution in [0.2, 0.25) is 0 Å². The molecule has 3 heterocycles. The predicted octanol–water partition coefficient (Wildman–Crippen LogP) is 1.02. The third-order valence-electron chi connectivity index (χ3n) is 4.82. The van der Waals surface area contributed by atoms with Gasteiger partial charge in [0.25, 0.3) is 0 Å². The lowest BCUT2D eigenvalue weighted by molar-refractivity contribution is 0.0186. The van der Waals surface area contributed by atoms with Crippen LogP contribution in [0.3, 0.4) is 0 Å². The van der Waals surface area contributed by atoms with E-state index in [1.54, 1.807) is 14.2 Å². The first-order valence-electron chi connectivity index (χ1n) is 9.11. The number of rotatable bonds is 7. The number of hydrogen-bond acceptors (Lipinski definition) is 9. The molecule has 0 bridgehead atoms. The fourth-order valence-electron chi connectivity index (χ4n) is 3.35. The Morgan fingerprint density at radius 2 is 1.93 bits per heavy atom. The van der Waals surface area contributed by atoms with E-state index in [0.717, 1.165) is 31.9 Å². The molecule has 10 nitrogen and oxygen atoms in total. The summed E-state index contributed by atoms with van der Waals surface area (Å²) in [6, 6.07) is 9.86. The van der Waals surface area contributed by atoms with Gasteiger partial charge in [0, 0.05) is 19.6 Å². The van der Waals surface area contributed by atoms with Gasteiger partial charge in [-0.2, -0.15) is 0 Å². The van der Waals surface area contributed by atoms with Gasteiger partial charge in [0.05, 0.1) is 33.5 Å². The van der Waals surface area contributed by atoms with Gasteiger partial charge in [0.1, 0.15) is 5.82 Å². The van der Waals surface area contributed by atoms with E-state index >= 15 is 0 Å². The Balaban J connectivity index is 1.57. The van der Waals surface area contributed by atoms with Crippen molar-refractivity contribution in [3.8, 4) is 11.5 Å². The maximum Gasteiger partial charge on any atom is 0.200 e. The molecule has 1 atom stereocenters. The maximum absolute atomic E-state index is 5.52. The highest BCUT2D eigenvalue weighted by Gasteiger charge is 2.24. The Morgan fingerprint density at radius 1 is 1.11 bits per heavy atom. The summed E-state index contributed by atoms with van der Waals surface area (Å²) in [5.74, 6) is 2.13. The molecule has 1 saturated heterocycles. The van der Waals surface area contributed by atoms with E-state index in [1.165, 1.54) is 4.63 Å². The van der Waals surface area contributed by atoms with Crippen LogP contribution < -0.4 is 14.8 Å². The van der Waals surface area contributed by atoms with Gasteiger partial charge in [0.2, 0.25) is 0 Å². The number of ether oxygens (including phenoxy) is 3. The summed E-state index contributed by atoms with van der Waals surface area (Å²) in [5.41, 5.74) is 1.74. The molecule has 0 radical (unpaired) electrons. The summed E-state index contributed by atoms with van der Waals surface area (Å²) in [4.78, 5) is 2.40. The van der Waals surface area contributed by atoms with Crippen molar-refractivity contribution in [1.82, 2.24) is 30.2 Å². The number of anilines is 1. The Labute approximate surface area is 162 Å². The first-order chi connectivity index (χ1) is 13.8. The second-order valence-electron chi connectivity index (χ2n) is 6.40. The quantitative estimate of drug-likeness (QED) is 0.639. The molecule has 1 aromatic carbocycles. The Kier molecular flexibility index (Phi) is 5.49. The molecule has 0 spiro atoms. The lowest BCUT2D eigenvalue weighted by Crippen LogP contribution is -2.41. The number of fused-ring (bicyclic) bond motifs is 1. The second kappa shape index (κ2) is 8.36. The zero-order valence-corrected chi connectivity index (χ0v) is 15.9. The highest BCUT2D eigenvalue weighted by Crippen LogP contribution is 2.32. The Bertz CT molecular complexity index is 926. The largest absolute Gasteiger partial charge is 0.493 e. The van der Waals surface area contributed by atoms with Crippen LogP contribution in [0, 0.1) is 0 Å². The van der Waals surface area contributed by atoms with Crippen LogP contribution in [0.15, 0.2) is 30.3 Å². The van der Waals surface area contributed by atoms with Gasteiger partial charge in [-0.05, 0) is 40.3 Å². The smallest absolute Gasteiger partial charge is 0.200 e. The summed E-state index contributed by atoms with van der Waals surface area (Å²) >= 11 is 0. The van der Waals surface area contributed by atoms with E-state index in [-0.39, 0.29) is 6.04 Å². The number of hydrogen-bond donors (Lipinski definition) is 1. The van der Waals surface area contributed by atoms with Crippen LogP contribution in [0.1, 0.15) is 11.6 Å². The van der Waals surface area contributed by atoms with E-state index in [0.29, 0.717) is 29.5 Å². The van der Waals surface area contributed by atoms with Gasteiger partial charge < -0.3 is 19.5 Å². The normalized spacial score (nSPS) is 16.1. The number of benzene rings is 1. The highest BCUT2D eigenvalue weighted by molar-refractivity contribution is 5.45. The molecule has 0 saturated carbocycles. The van der Waals surface area contributed by atoms with Gasteiger partial charge in [0.15, 0.2) is 17.1 Å². The zero-order valence-electron chi connectivity index (χ0n) is 15.9. The van der Waals surface area contributed by atoms with Crippen LogP contribution in [0.25, 0.3) is 5.65 Å². The maximum atomic E-state index is 5.52. The standard InChI is InChI=1S/C18H23N7O3/c1-26-15-4-3-13(11-16(15)27-2)14(24-7-9-28-10-8-24)12-19-17-5-6-18-20-22-23-25(18)21-17/h3-6,11,14H,7-10,12H2,1-2H3,(H,19,21)/t14-/m0/s1. The number of tetrazole rings is 1. The lowest BCUT2D eigenvalue weighted by atomic mass is 10.0. The van der Waals surface area contributed by atoms with Crippen LogP contribution in [0.5, 0.6) is 11.5 Å². The first kappa shape index (κ1) is 18.4. The van der Waals surface area contributed by atoms with Gasteiger partial charge in [-0.3, -0.25) is 4.90 Å². The molecule has 0 unspecified atom stereocenters. The Morgan fingerprint density at radius 3 is 2.71 bits per heavy atom. The molecule has 4 rings (SSSR count). The zero-order chi connectivity index (χ0) is 19.3. The fourth-order valence-corrected chi connectivity index (χ4v) is 3.35. The SMILES string of the molecule is COc1ccc([C@H](CNc2ccc3nnnn3n2)N2CCOCC2)cc1OC. The third-order valence-corrected chi connectivity index (χ3v) is 4.82. The van der Waals surface area contributed by atoms with E-state index in [2.05, 4.69) is 36.9 Å². The van der Waals surface area contributed by atoms with E-state index in [9.17, 15) is 0 Å². The molecule has 3 aromatic rings. The number of morpholine rings is 1. The predicted molar refractivity (Wildman–Crippen MR) is 102 cm³/mol. The van der Waals surface area contributed by atoms with E-state index < -0.39 is 0 Å². The lowest BCUT2D eigenvalue weighted by Gasteiger charge is -2.35. The van der Waals surface area contributed by atoms with Crippen molar-refractivity contribution in [2.75, 3.05) is 52.4 Å². The monoisotopic (exact) mass is 385 g/mol. The number of methoxy groups -OCH3 is 2. The van der Waals surface area contributed by atoms with Gasteiger partial charge in [-0.1, -0.05) is 6.07 Å². The molecule has 0 amide bonds. The van der Waals surface area contributed by atoms with Crippen molar-refractivity contribution in [2.24, 2.45) is 0 Å². The van der Waals surface area contributed by atoms with Crippen LogP contribution >= 0.6 is 0 Å². The number of aromatic nitrogens is 5. The third kappa shape index (κ3) is 3.82. The minimum atomic E-state index is 0.120. The number of nitrogens with zero attached hydrogens (tertiary/aromatic N) is 6. The van der Waals surface area contributed by atoms with Crippen LogP contribution in [-0.2, 0) is 4.74 Å². The van der Waals surface area contributed by atoms with Gasteiger partial charge in [-0.25, -0.2) is 0 Å². The van der Waals surface area contributed by atoms with Crippen molar-refractivity contribution in [3.63, 3.8) is 0 Å². The topological polar surface area (TPSA) is 98.9 Å². The van der Waals surface area contributed by atoms with E-state index in [4.69, 9.17) is 14.2 Å². The summed E-state index contributed by atoms with van der Waals surface area (Å²) in [6.07, 6.45) is 0. The number of nitrogens with one attached hydrogen (secondary N) is 1. The van der Waals surface area contributed by atoms with Crippen molar-refractivity contribution >= 4 is 11.5 Å². The van der Waals surface area contributed by atoms with Crippen molar-refractivity contribution in [1.29, 1.82) is 0 Å². The fraction of sp³-hybridized carbons (Fsp3) is 0.444. The molecule has 1 fully saturated rings. The summed E-state index contributed by atoms with van der Waals surface area (Å²) in [5, 5.41) is 19.1. The Hall–Kier alpha value is -2.98. The van der Waals surface area contributed by atoms with Crippen LogP contribution in [0.4, 0.5) is 5.82 Å². The summed E-state index contributed by atoms with van der Waals surface area (Å²) in [6.45, 7) is 3.83. The summed E-state index contributed by atoms with van der Waals surface area (Å²) < 4.78 is 17.8. The summed E-state index contributed by atoms with van der Waals surface area (Å²) in [7, 11) is 3.29. The molecule has 0 aliphatic carbocycles. The van der Waals surface area contributed by atoms with Crippen molar-refractivity contribution < 1.29 is 14.2 Å². The molecule has 10 heteroatoms. The van der Waals surface area contributed by atoms with Gasteiger partial charge in [-0.15, -0.1) is 14.8 Å². The minimum absolute atomic E-state index is 0.120. The molecule has 1 N–H and O–H groups in total. The van der Waals surface area contributed by atoms with E-state index in [1.807, 2.05) is 24.3 Å². The highest BCUT2D eigenvalue weighted by atomic mass is 16.5. The molecule has 28 heavy (non-hydrogen) atoms. The molecule has 1 aliphatic heterocycles. The molecule has 148 valence electrons. The minimum Gasteiger partial charge on any atom is -0.493 e. The molecule has 1 aliphatic rings. The molecule has 2 aromatic heterocycles. The van der Waals surface area contributed by atoms with Crippen LogP contribution in [-0.4, -0.2) is 77.2 Å². The average Bonchev–Trinajstić information content (AvgIpc) is 3.22. The van der Waals surface area contributed by atoms with Crippen molar-refractivity contribution in [3.05, 3.63) is 35.9 Å². The average molecular weight is 385 g/mol. The molecular weight excluding hydrogens is 362 g/mol. The molecular formula is C18H23N7O3. The first-order valence-corrected chi connectivity index (χ1v) is 9.11.